The molecule has 4 heterocycles. The van der Waals surface area contributed by atoms with Crippen LogP contribution in [0.15, 0.2) is 6.07 Å². The van der Waals surface area contributed by atoms with Gasteiger partial charge in [0.15, 0.2) is 5.82 Å². The second-order valence-electron chi connectivity index (χ2n) is 7.29. The largest absolute Gasteiger partial charge is 0.401 e. The normalized spacial score (nSPS) is 19.9. The fourth-order valence-corrected chi connectivity index (χ4v) is 5.21. The number of piperazine rings is 1. The minimum absolute atomic E-state index is 0.447. The first kappa shape index (κ1) is 21.5. The number of ether oxygens (including phenoxy) is 1. The molecular weight excluding hydrogens is 518 g/mol. The summed E-state index contributed by atoms with van der Waals surface area (Å²) in [6.07, 6.45) is -4.13. The summed E-state index contributed by atoms with van der Waals surface area (Å²) in [5.74, 6) is 1.81. The Balaban J connectivity index is 1.47. The topological polar surface area (TPSA) is 44.7 Å². The smallest absolute Gasteiger partial charge is 0.378 e. The van der Waals surface area contributed by atoms with Gasteiger partial charge in [-0.05, 0) is 6.07 Å². The summed E-state index contributed by atoms with van der Waals surface area (Å²) in [7, 11) is 0. The van der Waals surface area contributed by atoms with Crippen LogP contribution >= 0.6 is 33.9 Å². The molecule has 2 fully saturated rings. The molecule has 0 aromatic carbocycles. The van der Waals surface area contributed by atoms with Crippen LogP contribution in [0.2, 0.25) is 0 Å². The summed E-state index contributed by atoms with van der Waals surface area (Å²) >= 11 is 3.97. The summed E-state index contributed by atoms with van der Waals surface area (Å²) in [6, 6.07) is 2.11. The molecule has 0 saturated carbocycles. The Morgan fingerprint density at radius 3 is 2.38 bits per heavy atom. The first-order valence-corrected chi connectivity index (χ1v) is 11.9. The molecular formula is C18H23F3IN5OS. The zero-order valence-corrected chi connectivity index (χ0v) is 18.9. The van der Waals surface area contributed by atoms with Crippen molar-refractivity contribution in [3.63, 3.8) is 0 Å². The van der Waals surface area contributed by atoms with Crippen molar-refractivity contribution in [3.8, 4) is 0 Å². The molecule has 0 aliphatic carbocycles. The third-order valence-corrected chi connectivity index (χ3v) is 6.92. The maximum atomic E-state index is 12.6. The van der Waals surface area contributed by atoms with Gasteiger partial charge < -0.3 is 9.64 Å². The number of nitrogens with zero attached hydrogens (tertiary/aromatic N) is 5. The Morgan fingerprint density at radius 2 is 1.72 bits per heavy atom. The highest BCUT2D eigenvalue weighted by atomic mass is 127. The number of anilines is 1. The minimum Gasteiger partial charge on any atom is -0.378 e. The Morgan fingerprint density at radius 1 is 1.03 bits per heavy atom. The SMILES string of the molecule is FC(F)(F)CN1CCN(Cc2cc3nc(CI)nc(N4CCOCC4)c3s2)CC1. The number of fused-ring (bicyclic) bond motifs is 1. The van der Waals surface area contributed by atoms with E-state index in [1.165, 1.54) is 9.78 Å². The van der Waals surface area contributed by atoms with Crippen LogP contribution in [-0.4, -0.2) is 85.0 Å². The highest BCUT2D eigenvalue weighted by Crippen LogP contribution is 2.33. The number of rotatable bonds is 5. The summed E-state index contributed by atoms with van der Waals surface area (Å²) < 4.78 is 45.0. The zero-order chi connectivity index (χ0) is 20.4. The van der Waals surface area contributed by atoms with Crippen molar-refractivity contribution in [3.05, 3.63) is 16.8 Å². The van der Waals surface area contributed by atoms with Gasteiger partial charge in [-0.25, -0.2) is 9.97 Å². The molecule has 0 unspecified atom stereocenters. The molecule has 6 nitrogen and oxygen atoms in total. The second-order valence-corrected chi connectivity index (χ2v) is 9.19. The molecule has 0 spiro atoms. The monoisotopic (exact) mass is 541 g/mol. The van der Waals surface area contributed by atoms with Gasteiger partial charge in [0.25, 0.3) is 0 Å². The highest BCUT2D eigenvalue weighted by Gasteiger charge is 2.32. The maximum absolute atomic E-state index is 12.6. The van der Waals surface area contributed by atoms with Gasteiger partial charge in [-0.1, -0.05) is 22.6 Å². The Labute approximate surface area is 185 Å². The van der Waals surface area contributed by atoms with Crippen molar-refractivity contribution in [2.24, 2.45) is 0 Å². The predicted molar refractivity (Wildman–Crippen MR) is 116 cm³/mol. The van der Waals surface area contributed by atoms with E-state index in [1.54, 1.807) is 11.3 Å². The van der Waals surface area contributed by atoms with E-state index in [2.05, 4.69) is 38.5 Å². The van der Waals surface area contributed by atoms with E-state index in [0.717, 1.165) is 45.9 Å². The van der Waals surface area contributed by atoms with E-state index < -0.39 is 12.7 Å². The number of halogens is 4. The standard InChI is InChI=1S/C18H23F3IN5OS/c19-18(20,21)12-26-3-1-25(2-4-26)11-13-9-14-16(29-13)17(24-15(10-22)23-14)27-5-7-28-8-6-27/h9H,1-8,10-12H2. The van der Waals surface area contributed by atoms with Crippen molar-refractivity contribution in [2.45, 2.75) is 17.1 Å². The predicted octanol–water partition coefficient (Wildman–Crippen LogP) is 3.14. The lowest BCUT2D eigenvalue weighted by atomic mass is 10.3. The molecule has 11 heteroatoms. The Bertz CT molecular complexity index is 835. The molecule has 2 aliphatic heterocycles. The molecule has 4 rings (SSSR count). The second kappa shape index (κ2) is 9.16. The summed E-state index contributed by atoms with van der Waals surface area (Å²) in [4.78, 5) is 16.6. The number of hydrogen-bond acceptors (Lipinski definition) is 7. The van der Waals surface area contributed by atoms with Crippen LogP contribution in [-0.2, 0) is 15.7 Å². The number of aromatic nitrogens is 2. The van der Waals surface area contributed by atoms with Crippen molar-refractivity contribution in [2.75, 3.05) is 63.9 Å². The van der Waals surface area contributed by atoms with Gasteiger partial charge in [-0.15, -0.1) is 11.3 Å². The molecule has 0 atom stereocenters. The highest BCUT2D eigenvalue weighted by molar-refractivity contribution is 14.1. The van der Waals surface area contributed by atoms with Crippen LogP contribution in [0.4, 0.5) is 19.0 Å². The van der Waals surface area contributed by atoms with Gasteiger partial charge in [-0.3, -0.25) is 9.80 Å². The van der Waals surface area contributed by atoms with Crippen molar-refractivity contribution in [1.29, 1.82) is 0 Å². The van der Waals surface area contributed by atoms with Crippen LogP contribution in [0.3, 0.4) is 0 Å². The van der Waals surface area contributed by atoms with Crippen molar-refractivity contribution in [1.82, 2.24) is 19.8 Å². The Kier molecular flexibility index (Phi) is 6.78. The average molecular weight is 541 g/mol. The molecule has 2 aliphatic rings. The molecule has 29 heavy (non-hydrogen) atoms. The fourth-order valence-electron chi connectivity index (χ4n) is 3.72. The fraction of sp³-hybridized carbons (Fsp3) is 0.667. The van der Waals surface area contributed by atoms with Crippen LogP contribution in [0.25, 0.3) is 10.2 Å². The molecule has 2 aromatic rings. The first-order valence-electron chi connectivity index (χ1n) is 9.61. The van der Waals surface area contributed by atoms with E-state index in [1.807, 2.05) is 0 Å². The van der Waals surface area contributed by atoms with E-state index >= 15 is 0 Å². The van der Waals surface area contributed by atoms with Gasteiger partial charge in [0, 0.05) is 50.7 Å². The average Bonchev–Trinajstić information content (AvgIpc) is 3.10. The van der Waals surface area contributed by atoms with E-state index in [0.29, 0.717) is 39.4 Å². The first-order chi connectivity index (χ1) is 13.9. The summed E-state index contributed by atoms with van der Waals surface area (Å²) in [6.45, 7) is 5.14. The number of hydrogen-bond donors (Lipinski definition) is 0. The quantitative estimate of drug-likeness (QED) is 0.429. The van der Waals surface area contributed by atoms with Gasteiger partial charge >= 0.3 is 6.18 Å². The van der Waals surface area contributed by atoms with E-state index in [-0.39, 0.29) is 0 Å². The number of alkyl halides is 4. The lowest BCUT2D eigenvalue weighted by Crippen LogP contribution is -2.48. The lowest BCUT2D eigenvalue weighted by Gasteiger charge is -2.34. The Hall–Kier alpha value is -0.760. The molecule has 0 N–H and O–H groups in total. The third-order valence-electron chi connectivity index (χ3n) is 5.13. The molecule has 2 aromatic heterocycles. The van der Waals surface area contributed by atoms with E-state index in [4.69, 9.17) is 14.7 Å². The van der Waals surface area contributed by atoms with Crippen LogP contribution in [0, 0.1) is 0 Å². The number of thiophene rings is 1. The van der Waals surface area contributed by atoms with Crippen molar-refractivity contribution >= 4 is 50.0 Å². The molecule has 0 amide bonds. The molecule has 160 valence electrons. The molecule has 0 radical (unpaired) electrons. The zero-order valence-electron chi connectivity index (χ0n) is 15.9. The number of morpholine rings is 1. The minimum atomic E-state index is -4.13. The summed E-state index contributed by atoms with van der Waals surface area (Å²) in [5.41, 5.74) is 0.962. The van der Waals surface area contributed by atoms with Gasteiger partial charge in [0.05, 0.1) is 34.4 Å². The third kappa shape index (κ3) is 5.49. The van der Waals surface area contributed by atoms with Gasteiger partial charge in [0.1, 0.15) is 5.82 Å². The maximum Gasteiger partial charge on any atom is 0.401 e. The molecule has 2 saturated heterocycles. The van der Waals surface area contributed by atoms with E-state index in [9.17, 15) is 13.2 Å². The van der Waals surface area contributed by atoms with Crippen molar-refractivity contribution < 1.29 is 17.9 Å². The van der Waals surface area contributed by atoms with Crippen LogP contribution in [0.5, 0.6) is 0 Å². The molecule has 0 bridgehead atoms. The van der Waals surface area contributed by atoms with Gasteiger partial charge in [-0.2, -0.15) is 13.2 Å². The van der Waals surface area contributed by atoms with Crippen LogP contribution in [0.1, 0.15) is 10.7 Å². The van der Waals surface area contributed by atoms with Crippen LogP contribution < -0.4 is 4.90 Å². The van der Waals surface area contributed by atoms with Gasteiger partial charge in [0.2, 0.25) is 0 Å². The summed E-state index contributed by atoms with van der Waals surface area (Å²) in [5, 5.41) is 0. The lowest BCUT2D eigenvalue weighted by molar-refractivity contribution is -0.149.